The highest BCUT2D eigenvalue weighted by atomic mass is 16.5. The maximum absolute atomic E-state index is 12.2. The number of rotatable bonds is 3. The van der Waals surface area contributed by atoms with Crippen LogP contribution in [0.25, 0.3) is 0 Å². The minimum absolute atomic E-state index is 0.0753. The van der Waals surface area contributed by atoms with Gasteiger partial charge < -0.3 is 15.8 Å². The molecule has 0 radical (unpaired) electrons. The smallest absolute Gasteiger partial charge is 0.253 e. The van der Waals surface area contributed by atoms with Gasteiger partial charge in [-0.2, -0.15) is 0 Å². The molecular weight excluding hydrogens is 254 g/mol. The minimum atomic E-state index is -0.136. The third-order valence-corrected chi connectivity index (χ3v) is 3.41. The molecule has 20 heavy (non-hydrogen) atoms. The molecule has 0 bridgehead atoms. The molecule has 2 atom stereocenters. The number of hydrogen-bond acceptors (Lipinski definition) is 4. The number of nitrogens with one attached hydrogen (secondary N) is 1. The van der Waals surface area contributed by atoms with Crippen LogP contribution in [-0.4, -0.2) is 36.7 Å². The van der Waals surface area contributed by atoms with Crippen molar-refractivity contribution in [2.45, 2.75) is 31.4 Å². The molecule has 1 fully saturated rings. The Morgan fingerprint density at radius 1 is 1.55 bits per heavy atom. The van der Waals surface area contributed by atoms with Crippen LogP contribution in [0.2, 0.25) is 0 Å². The number of methoxy groups -OCH3 is 1. The molecule has 5 heteroatoms. The molecule has 1 aromatic heterocycles. The van der Waals surface area contributed by atoms with Gasteiger partial charge in [-0.15, -0.1) is 0 Å². The molecule has 0 spiro atoms. The van der Waals surface area contributed by atoms with E-state index in [0.29, 0.717) is 11.1 Å². The molecule has 106 valence electrons. The van der Waals surface area contributed by atoms with E-state index < -0.39 is 0 Å². The van der Waals surface area contributed by atoms with E-state index in [1.165, 1.54) is 0 Å². The number of nitrogens with two attached hydrogens (primary N) is 1. The second-order valence-electron chi connectivity index (χ2n) is 4.75. The zero-order chi connectivity index (χ0) is 14.4. The summed E-state index contributed by atoms with van der Waals surface area (Å²) in [6, 6.07) is 1.80. The van der Waals surface area contributed by atoms with Gasteiger partial charge in [-0.1, -0.05) is 11.8 Å². The van der Waals surface area contributed by atoms with Crippen LogP contribution in [0, 0.1) is 11.8 Å². The maximum atomic E-state index is 12.2. The van der Waals surface area contributed by atoms with Crippen molar-refractivity contribution in [3.63, 3.8) is 0 Å². The average molecular weight is 273 g/mol. The summed E-state index contributed by atoms with van der Waals surface area (Å²) in [5, 5.41) is 3.00. The second kappa shape index (κ2) is 7.04. The van der Waals surface area contributed by atoms with Gasteiger partial charge in [0.05, 0.1) is 24.3 Å². The van der Waals surface area contributed by atoms with Crippen LogP contribution >= 0.6 is 0 Å². The van der Waals surface area contributed by atoms with Crippen molar-refractivity contribution in [2.75, 3.05) is 13.7 Å². The number of aromatic nitrogens is 1. The number of nitrogens with zero attached hydrogens (tertiary/aromatic N) is 1. The summed E-state index contributed by atoms with van der Waals surface area (Å²) >= 11 is 0. The molecule has 1 saturated carbocycles. The topological polar surface area (TPSA) is 77.2 Å². The third-order valence-electron chi connectivity index (χ3n) is 3.41. The normalized spacial score (nSPS) is 21.1. The number of carbonyl (C=O) groups excluding carboxylic acids is 1. The molecule has 1 heterocycles. The molecule has 0 aliphatic heterocycles. The van der Waals surface area contributed by atoms with Crippen molar-refractivity contribution in [3.8, 4) is 11.8 Å². The fourth-order valence-corrected chi connectivity index (χ4v) is 2.41. The highest BCUT2D eigenvalue weighted by Crippen LogP contribution is 2.21. The molecule has 5 nitrogen and oxygen atoms in total. The minimum Gasteiger partial charge on any atom is -0.379 e. The zero-order valence-electron chi connectivity index (χ0n) is 11.6. The van der Waals surface area contributed by atoms with Gasteiger partial charge in [-0.3, -0.25) is 9.78 Å². The number of pyridine rings is 1. The molecule has 1 aliphatic rings. The predicted molar refractivity (Wildman–Crippen MR) is 76.1 cm³/mol. The van der Waals surface area contributed by atoms with Gasteiger partial charge >= 0.3 is 0 Å². The van der Waals surface area contributed by atoms with Crippen molar-refractivity contribution < 1.29 is 9.53 Å². The van der Waals surface area contributed by atoms with Gasteiger partial charge in [0.2, 0.25) is 0 Å². The van der Waals surface area contributed by atoms with Gasteiger partial charge in [0, 0.05) is 25.1 Å². The summed E-state index contributed by atoms with van der Waals surface area (Å²) in [5.41, 5.74) is 6.53. The lowest BCUT2D eigenvalue weighted by molar-refractivity contribution is 0.0722. The molecule has 0 aromatic carbocycles. The number of ether oxygens (including phenoxy) is 1. The van der Waals surface area contributed by atoms with E-state index in [1.807, 2.05) is 0 Å². The van der Waals surface area contributed by atoms with E-state index in [1.54, 1.807) is 25.6 Å². The van der Waals surface area contributed by atoms with E-state index in [-0.39, 0.29) is 24.6 Å². The summed E-state index contributed by atoms with van der Waals surface area (Å²) in [5.74, 6) is 5.48. The van der Waals surface area contributed by atoms with Gasteiger partial charge in [0.15, 0.2) is 0 Å². The Bertz CT molecular complexity index is 533. The van der Waals surface area contributed by atoms with Crippen molar-refractivity contribution in [3.05, 3.63) is 29.6 Å². The lowest BCUT2D eigenvalue weighted by atomic mass is 10.1. The monoisotopic (exact) mass is 273 g/mol. The van der Waals surface area contributed by atoms with Crippen LogP contribution < -0.4 is 11.1 Å². The van der Waals surface area contributed by atoms with E-state index in [0.717, 1.165) is 19.3 Å². The summed E-state index contributed by atoms with van der Waals surface area (Å²) in [7, 11) is 1.68. The van der Waals surface area contributed by atoms with Crippen LogP contribution in [0.1, 0.15) is 35.2 Å². The highest BCUT2D eigenvalue weighted by molar-refractivity contribution is 5.94. The Kier molecular flexibility index (Phi) is 5.10. The summed E-state index contributed by atoms with van der Waals surface area (Å²) < 4.78 is 5.37. The largest absolute Gasteiger partial charge is 0.379 e. The zero-order valence-corrected chi connectivity index (χ0v) is 11.6. The summed E-state index contributed by atoms with van der Waals surface area (Å²) in [6.45, 7) is 0.286. The van der Waals surface area contributed by atoms with Crippen LogP contribution in [0.3, 0.4) is 0 Å². The Hall–Kier alpha value is -1.90. The van der Waals surface area contributed by atoms with Crippen molar-refractivity contribution in [2.24, 2.45) is 5.73 Å². The third kappa shape index (κ3) is 3.56. The summed E-state index contributed by atoms with van der Waals surface area (Å²) in [6.07, 6.45) is 6.27. The Balaban J connectivity index is 2.05. The van der Waals surface area contributed by atoms with E-state index in [2.05, 4.69) is 22.1 Å². The first-order chi connectivity index (χ1) is 9.74. The molecule has 1 amide bonds. The first-order valence-electron chi connectivity index (χ1n) is 6.72. The van der Waals surface area contributed by atoms with Crippen LogP contribution in [0.15, 0.2) is 18.5 Å². The lowest BCUT2D eigenvalue weighted by Crippen LogP contribution is -2.40. The fourth-order valence-electron chi connectivity index (χ4n) is 2.41. The lowest BCUT2D eigenvalue weighted by Gasteiger charge is -2.19. The average Bonchev–Trinajstić information content (AvgIpc) is 2.92. The maximum Gasteiger partial charge on any atom is 0.253 e. The van der Waals surface area contributed by atoms with Crippen molar-refractivity contribution in [1.29, 1.82) is 0 Å². The Morgan fingerprint density at radius 2 is 2.40 bits per heavy atom. The van der Waals surface area contributed by atoms with Crippen molar-refractivity contribution >= 4 is 5.91 Å². The predicted octanol–water partition coefficient (Wildman–Crippen LogP) is 0.689. The van der Waals surface area contributed by atoms with Gasteiger partial charge in [0.25, 0.3) is 5.91 Å². The number of hydrogen-bond donors (Lipinski definition) is 2. The van der Waals surface area contributed by atoms with Crippen LogP contribution in [0.5, 0.6) is 0 Å². The molecule has 2 unspecified atom stereocenters. The van der Waals surface area contributed by atoms with Crippen LogP contribution in [-0.2, 0) is 4.74 Å². The highest BCUT2D eigenvalue weighted by Gasteiger charge is 2.28. The van der Waals surface area contributed by atoms with Gasteiger partial charge in [-0.05, 0) is 25.3 Å². The fraction of sp³-hybridized carbons (Fsp3) is 0.467. The van der Waals surface area contributed by atoms with E-state index in [9.17, 15) is 4.79 Å². The molecule has 3 N–H and O–H groups in total. The summed E-state index contributed by atoms with van der Waals surface area (Å²) in [4.78, 5) is 16.2. The first-order valence-corrected chi connectivity index (χ1v) is 6.72. The SMILES string of the molecule is COC1CCCC1NC(=O)c1cncc(C#CCN)c1. The second-order valence-corrected chi connectivity index (χ2v) is 4.75. The quantitative estimate of drug-likeness (QED) is 0.794. The molecule has 1 aromatic rings. The molecular formula is C15H19N3O2. The Labute approximate surface area is 118 Å². The Morgan fingerprint density at radius 3 is 3.15 bits per heavy atom. The van der Waals surface area contributed by atoms with Crippen molar-refractivity contribution in [1.82, 2.24) is 10.3 Å². The number of amides is 1. The van der Waals surface area contributed by atoms with Gasteiger partial charge in [-0.25, -0.2) is 0 Å². The van der Waals surface area contributed by atoms with Crippen LogP contribution in [0.4, 0.5) is 0 Å². The van der Waals surface area contributed by atoms with E-state index in [4.69, 9.17) is 10.5 Å². The molecule has 1 aliphatic carbocycles. The van der Waals surface area contributed by atoms with Gasteiger partial charge in [0.1, 0.15) is 0 Å². The molecule has 2 rings (SSSR count). The standard InChI is InChI=1S/C15H19N3O2/c1-20-14-6-2-5-13(14)18-15(19)12-8-11(4-3-7-16)9-17-10-12/h8-10,13-14H,2,5-7,16H2,1H3,(H,18,19). The van der Waals surface area contributed by atoms with E-state index >= 15 is 0 Å². The number of carbonyl (C=O) groups is 1. The molecule has 0 saturated heterocycles. The first kappa shape index (κ1) is 14.5.